The third-order valence-electron chi connectivity index (χ3n) is 4.23. The van der Waals surface area contributed by atoms with E-state index in [1.165, 1.54) is 5.56 Å². The van der Waals surface area contributed by atoms with Crippen LogP contribution in [0.25, 0.3) is 10.9 Å². The number of rotatable bonds is 5. The van der Waals surface area contributed by atoms with Crippen molar-refractivity contribution in [2.45, 2.75) is 31.1 Å². The quantitative estimate of drug-likeness (QED) is 0.741. The average molecular weight is 340 g/mol. The molecule has 1 unspecified atom stereocenters. The second-order valence-electron chi connectivity index (χ2n) is 5.87. The summed E-state index contributed by atoms with van der Waals surface area (Å²) in [5, 5.41) is 0.799. The number of anilines is 1. The highest BCUT2D eigenvalue weighted by Crippen LogP contribution is 2.25. The lowest BCUT2D eigenvalue weighted by Gasteiger charge is -2.12. The fourth-order valence-corrected chi connectivity index (χ4v) is 3.86. The van der Waals surface area contributed by atoms with Crippen molar-refractivity contribution in [1.29, 1.82) is 0 Å². The van der Waals surface area contributed by atoms with E-state index in [9.17, 15) is 8.42 Å². The van der Waals surface area contributed by atoms with Crippen LogP contribution in [0, 0.1) is 0 Å². The Morgan fingerprint density at radius 1 is 1.04 bits per heavy atom. The summed E-state index contributed by atoms with van der Waals surface area (Å²) in [5.41, 5.74) is 2.23. The van der Waals surface area contributed by atoms with Crippen LogP contribution < -0.4 is 4.72 Å². The van der Waals surface area contributed by atoms with E-state index in [1.807, 2.05) is 24.3 Å². The molecule has 0 aliphatic heterocycles. The number of hydrogen-bond acceptors (Lipinski definition) is 3. The van der Waals surface area contributed by atoms with Gasteiger partial charge in [-0.3, -0.25) is 9.71 Å². The molecule has 0 spiro atoms. The fourth-order valence-electron chi connectivity index (χ4n) is 2.62. The largest absolute Gasteiger partial charge is 0.280 e. The molecule has 0 amide bonds. The first-order valence-corrected chi connectivity index (χ1v) is 9.46. The van der Waals surface area contributed by atoms with E-state index >= 15 is 0 Å². The van der Waals surface area contributed by atoms with Crippen molar-refractivity contribution in [2.24, 2.45) is 0 Å². The third kappa shape index (κ3) is 3.26. The number of aromatic nitrogens is 1. The van der Waals surface area contributed by atoms with Gasteiger partial charge in [0.25, 0.3) is 10.0 Å². The van der Waals surface area contributed by atoms with Gasteiger partial charge in [0.15, 0.2) is 0 Å². The maximum atomic E-state index is 12.7. The molecule has 124 valence electrons. The molecule has 1 heterocycles. The first kappa shape index (κ1) is 16.5. The SMILES string of the molecule is CCC(C)c1ccc(NS(=O)(=O)c2cccc3cccnc23)cc1. The average Bonchev–Trinajstić information content (AvgIpc) is 2.61. The molecule has 3 rings (SSSR count). The topological polar surface area (TPSA) is 59.1 Å². The van der Waals surface area contributed by atoms with E-state index in [4.69, 9.17) is 0 Å². The van der Waals surface area contributed by atoms with E-state index in [2.05, 4.69) is 23.6 Å². The number of sulfonamides is 1. The summed E-state index contributed by atoms with van der Waals surface area (Å²) in [5.74, 6) is 0.456. The van der Waals surface area contributed by atoms with Gasteiger partial charge in [-0.05, 0) is 42.2 Å². The van der Waals surface area contributed by atoms with Crippen molar-refractivity contribution >= 4 is 26.6 Å². The van der Waals surface area contributed by atoms with Gasteiger partial charge in [0.2, 0.25) is 0 Å². The first-order chi connectivity index (χ1) is 11.5. The van der Waals surface area contributed by atoms with Gasteiger partial charge in [-0.25, -0.2) is 8.42 Å². The predicted molar refractivity (Wildman–Crippen MR) is 97.7 cm³/mol. The monoisotopic (exact) mass is 340 g/mol. The lowest BCUT2D eigenvalue weighted by Crippen LogP contribution is -2.13. The van der Waals surface area contributed by atoms with Crippen LogP contribution in [0.3, 0.4) is 0 Å². The minimum atomic E-state index is -3.69. The summed E-state index contributed by atoms with van der Waals surface area (Å²) in [6.45, 7) is 4.29. The maximum Gasteiger partial charge on any atom is 0.264 e. The zero-order valence-electron chi connectivity index (χ0n) is 13.7. The molecule has 0 saturated heterocycles. The molecule has 0 radical (unpaired) electrons. The molecular formula is C19H20N2O2S. The Morgan fingerprint density at radius 2 is 1.75 bits per heavy atom. The number of benzene rings is 2. The smallest absolute Gasteiger partial charge is 0.264 e. The lowest BCUT2D eigenvalue weighted by atomic mass is 9.99. The zero-order valence-corrected chi connectivity index (χ0v) is 14.5. The number of nitrogens with one attached hydrogen (secondary N) is 1. The molecule has 3 aromatic rings. The number of pyridine rings is 1. The van der Waals surface area contributed by atoms with Crippen molar-refractivity contribution in [3.63, 3.8) is 0 Å². The van der Waals surface area contributed by atoms with Gasteiger partial charge in [-0.2, -0.15) is 0 Å². The van der Waals surface area contributed by atoms with Gasteiger partial charge < -0.3 is 0 Å². The van der Waals surface area contributed by atoms with Gasteiger partial charge in [-0.15, -0.1) is 0 Å². The summed E-state index contributed by atoms with van der Waals surface area (Å²) in [6.07, 6.45) is 2.65. The normalized spacial score (nSPS) is 12.9. The number of para-hydroxylation sites is 1. The molecule has 5 heteroatoms. The van der Waals surface area contributed by atoms with E-state index in [0.717, 1.165) is 11.8 Å². The van der Waals surface area contributed by atoms with Crippen molar-refractivity contribution in [3.05, 3.63) is 66.4 Å². The van der Waals surface area contributed by atoms with E-state index in [0.29, 0.717) is 17.1 Å². The molecule has 1 atom stereocenters. The highest BCUT2D eigenvalue weighted by molar-refractivity contribution is 7.93. The number of nitrogens with zero attached hydrogens (tertiary/aromatic N) is 1. The standard InChI is InChI=1S/C19H20N2O2S/c1-3-14(2)15-9-11-17(12-10-15)21-24(22,23)18-8-4-6-16-7-5-13-20-19(16)18/h4-14,21H,3H2,1-2H3. The maximum absolute atomic E-state index is 12.7. The van der Waals surface area contributed by atoms with Crippen LogP contribution in [-0.4, -0.2) is 13.4 Å². The molecule has 0 fully saturated rings. The number of hydrogen-bond donors (Lipinski definition) is 1. The zero-order chi connectivity index (χ0) is 17.2. The van der Waals surface area contributed by atoms with Crippen LogP contribution in [0.5, 0.6) is 0 Å². The Balaban J connectivity index is 1.93. The van der Waals surface area contributed by atoms with Gasteiger partial charge in [0.05, 0.1) is 5.52 Å². The van der Waals surface area contributed by atoms with Crippen LogP contribution in [0.4, 0.5) is 5.69 Å². The van der Waals surface area contributed by atoms with Crippen LogP contribution in [0.2, 0.25) is 0 Å². The fraction of sp³-hybridized carbons (Fsp3) is 0.211. The van der Waals surface area contributed by atoms with Crippen molar-refractivity contribution in [2.75, 3.05) is 4.72 Å². The summed E-state index contributed by atoms with van der Waals surface area (Å²) in [7, 11) is -3.69. The summed E-state index contributed by atoms with van der Waals surface area (Å²) in [6, 6.07) is 16.3. The van der Waals surface area contributed by atoms with Crippen LogP contribution in [-0.2, 0) is 10.0 Å². The summed E-state index contributed by atoms with van der Waals surface area (Å²) >= 11 is 0. The van der Waals surface area contributed by atoms with E-state index < -0.39 is 10.0 Å². The van der Waals surface area contributed by atoms with Crippen molar-refractivity contribution < 1.29 is 8.42 Å². The Morgan fingerprint density at radius 3 is 2.46 bits per heavy atom. The van der Waals surface area contributed by atoms with Gasteiger partial charge in [0, 0.05) is 17.3 Å². The second kappa shape index (κ2) is 6.61. The Hall–Kier alpha value is -2.40. The van der Waals surface area contributed by atoms with Crippen LogP contribution >= 0.6 is 0 Å². The first-order valence-electron chi connectivity index (χ1n) is 7.98. The van der Waals surface area contributed by atoms with Crippen molar-refractivity contribution in [3.8, 4) is 0 Å². The predicted octanol–water partition coefficient (Wildman–Crippen LogP) is 4.55. The molecule has 4 nitrogen and oxygen atoms in total. The van der Waals surface area contributed by atoms with Gasteiger partial charge in [-0.1, -0.05) is 44.2 Å². The second-order valence-corrected chi connectivity index (χ2v) is 7.52. The highest BCUT2D eigenvalue weighted by atomic mass is 32.2. The molecule has 0 bridgehead atoms. The molecule has 24 heavy (non-hydrogen) atoms. The van der Waals surface area contributed by atoms with Crippen molar-refractivity contribution in [1.82, 2.24) is 4.98 Å². The minimum absolute atomic E-state index is 0.187. The molecule has 2 aromatic carbocycles. The molecular weight excluding hydrogens is 320 g/mol. The summed E-state index contributed by atoms with van der Waals surface area (Å²) in [4.78, 5) is 4.40. The molecule has 1 aromatic heterocycles. The minimum Gasteiger partial charge on any atom is -0.280 e. The van der Waals surface area contributed by atoms with Gasteiger partial charge >= 0.3 is 0 Å². The lowest BCUT2D eigenvalue weighted by molar-refractivity contribution is 0.602. The van der Waals surface area contributed by atoms with Crippen LogP contribution in [0.1, 0.15) is 31.7 Å². The molecule has 0 aliphatic rings. The number of fused-ring (bicyclic) bond motifs is 1. The van der Waals surface area contributed by atoms with E-state index in [-0.39, 0.29) is 4.90 Å². The molecule has 0 aliphatic carbocycles. The third-order valence-corrected chi connectivity index (χ3v) is 5.64. The summed E-state index contributed by atoms with van der Waals surface area (Å²) < 4.78 is 28.1. The molecule has 1 N–H and O–H groups in total. The molecule has 0 saturated carbocycles. The Bertz CT molecular complexity index is 945. The van der Waals surface area contributed by atoms with Gasteiger partial charge in [0.1, 0.15) is 4.90 Å². The van der Waals surface area contributed by atoms with E-state index in [1.54, 1.807) is 36.5 Å². The van der Waals surface area contributed by atoms with Crippen LogP contribution in [0.15, 0.2) is 65.7 Å². The highest BCUT2D eigenvalue weighted by Gasteiger charge is 2.18. The Kier molecular flexibility index (Phi) is 4.53. The Labute approximate surface area is 142 Å².